The van der Waals surface area contributed by atoms with Crippen molar-refractivity contribution in [1.82, 2.24) is 0 Å². The largest absolute Gasteiger partial charge is 0.489 e. The summed E-state index contributed by atoms with van der Waals surface area (Å²) in [5, 5.41) is 0. The molecule has 2 nitrogen and oxygen atoms in total. The van der Waals surface area contributed by atoms with E-state index in [1.807, 2.05) is 60.7 Å². The summed E-state index contributed by atoms with van der Waals surface area (Å²) in [6, 6.07) is 20.4. The first-order chi connectivity index (χ1) is 12.8. The monoisotopic (exact) mass is 572 g/mol. The summed E-state index contributed by atoms with van der Waals surface area (Å²) in [5.74, 6) is 1.50. The molecule has 136 valence electrons. The van der Waals surface area contributed by atoms with E-state index in [4.69, 9.17) is 9.47 Å². The molecular formula is C22H22I2O2. The van der Waals surface area contributed by atoms with Gasteiger partial charge in [-0.05, 0) is 23.3 Å². The Morgan fingerprint density at radius 3 is 1.38 bits per heavy atom. The molecule has 0 saturated heterocycles. The standard InChI is InChI=1S/C22H22I2O2/c23-15-17-25-21(13-11-19-7-3-1-4-8-19)22(26-18-16-24)14-12-20-9-5-2-6-10-20/h1-14H,15-18H2/b13-11+,14-12+,22-21+. The van der Waals surface area contributed by atoms with E-state index in [2.05, 4.69) is 69.4 Å². The number of halogens is 2. The Morgan fingerprint density at radius 1 is 0.654 bits per heavy atom. The second kappa shape index (κ2) is 13.0. The summed E-state index contributed by atoms with van der Waals surface area (Å²) in [7, 11) is 0. The fourth-order valence-electron chi connectivity index (χ4n) is 2.17. The van der Waals surface area contributed by atoms with Crippen molar-refractivity contribution in [2.45, 2.75) is 0 Å². The molecule has 0 aliphatic carbocycles. The number of allylic oxidation sites excluding steroid dienone is 2. The van der Waals surface area contributed by atoms with Gasteiger partial charge in [0.2, 0.25) is 0 Å². The van der Waals surface area contributed by atoms with Crippen molar-refractivity contribution in [3.63, 3.8) is 0 Å². The summed E-state index contributed by atoms with van der Waals surface area (Å²) >= 11 is 4.62. The summed E-state index contributed by atoms with van der Waals surface area (Å²) < 4.78 is 13.8. The second-order valence-corrected chi connectivity index (χ2v) is 7.45. The molecule has 0 saturated carbocycles. The third-order valence-corrected chi connectivity index (χ3v) is 4.25. The highest BCUT2D eigenvalue weighted by atomic mass is 127. The van der Waals surface area contributed by atoms with Gasteiger partial charge in [-0.25, -0.2) is 0 Å². The molecule has 4 heteroatoms. The molecule has 0 radical (unpaired) electrons. The fraction of sp³-hybridized carbons (Fsp3) is 0.182. The third kappa shape index (κ3) is 7.95. The van der Waals surface area contributed by atoms with Crippen LogP contribution < -0.4 is 0 Å². The zero-order chi connectivity index (χ0) is 18.5. The van der Waals surface area contributed by atoms with E-state index in [-0.39, 0.29) is 0 Å². The highest BCUT2D eigenvalue weighted by molar-refractivity contribution is 14.1. The van der Waals surface area contributed by atoms with Gasteiger partial charge < -0.3 is 9.47 Å². The molecule has 0 bridgehead atoms. The molecule has 0 fully saturated rings. The Morgan fingerprint density at radius 2 is 1.04 bits per heavy atom. The average Bonchev–Trinajstić information content (AvgIpc) is 2.70. The van der Waals surface area contributed by atoms with Crippen LogP contribution in [0.15, 0.2) is 84.3 Å². The van der Waals surface area contributed by atoms with E-state index >= 15 is 0 Å². The summed E-state index contributed by atoms with van der Waals surface area (Å²) in [4.78, 5) is 0. The Bertz CT molecular complexity index is 659. The van der Waals surface area contributed by atoms with Crippen LogP contribution in [-0.2, 0) is 9.47 Å². The van der Waals surface area contributed by atoms with Gasteiger partial charge in [0.1, 0.15) is 0 Å². The maximum Gasteiger partial charge on any atom is 0.161 e. The molecule has 0 atom stereocenters. The number of rotatable bonds is 10. The van der Waals surface area contributed by atoms with E-state index in [9.17, 15) is 0 Å². The maximum atomic E-state index is 5.97. The predicted octanol–water partition coefficient (Wildman–Crippen LogP) is 6.53. The minimum Gasteiger partial charge on any atom is -0.489 e. The first-order valence-corrected chi connectivity index (χ1v) is 11.5. The van der Waals surface area contributed by atoms with Crippen LogP contribution in [0.1, 0.15) is 11.1 Å². The zero-order valence-electron chi connectivity index (χ0n) is 14.5. The van der Waals surface area contributed by atoms with E-state index in [0.29, 0.717) is 13.2 Å². The molecule has 2 rings (SSSR count). The predicted molar refractivity (Wildman–Crippen MR) is 128 cm³/mol. The van der Waals surface area contributed by atoms with Crippen LogP contribution in [0.4, 0.5) is 0 Å². The van der Waals surface area contributed by atoms with Crippen molar-refractivity contribution in [2.75, 3.05) is 22.1 Å². The van der Waals surface area contributed by atoms with E-state index in [0.717, 1.165) is 31.5 Å². The van der Waals surface area contributed by atoms with Crippen molar-refractivity contribution in [3.05, 3.63) is 95.5 Å². The molecule has 2 aromatic rings. The fourth-order valence-corrected chi connectivity index (χ4v) is 2.61. The molecule has 26 heavy (non-hydrogen) atoms. The summed E-state index contributed by atoms with van der Waals surface area (Å²) in [6.45, 7) is 1.29. The van der Waals surface area contributed by atoms with Crippen molar-refractivity contribution < 1.29 is 9.47 Å². The normalized spacial score (nSPS) is 12.4. The maximum absolute atomic E-state index is 5.97. The average molecular weight is 572 g/mol. The van der Waals surface area contributed by atoms with Gasteiger partial charge in [-0.2, -0.15) is 0 Å². The van der Waals surface area contributed by atoms with Crippen LogP contribution in [0.25, 0.3) is 12.2 Å². The third-order valence-electron chi connectivity index (χ3n) is 3.37. The van der Waals surface area contributed by atoms with E-state index < -0.39 is 0 Å². The summed E-state index contributed by atoms with van der Waals surface area (Å²) in [5.41, 5.74) is 2.26. The van der Waals surface area contributed by atoms with Crippen LogP contribution in [0, 0.1) is 0 Å². The number of ether oxygens (including phenoxy) is 2. The van der Waals surface area contributed by atoms with Crippen molar-refractivity contribution in [3.8, 4) is 0 Å². The van der Waals surface area contributed by atoms with Crippen LogP contribution in [0.3, 0.4) is 0 Å². The number of benzene rings is 2. The smallest absolute Gasteiger partial charge is 0.161 e. The van der Waals surface area contributed by atoms with Gasteiger partial charge in [0, 0.05) is 8.86 Å². The van der Waals surface area contributed by atoms with Gasteiger partial charge >= 0.3 is 0 Å². The van der Waals surface area contributed by atoms with Gasteiger partial charge in [-0.3, -0.25) is 0 Å². The Hall–Kier alpha value is -1.28. The van der Waals surface area contributed by atoms with Gasteiger partial charge in [0.05, 0.1) is 13.2 Å². The van der Waals surface area contributed by atoms with Crippen molar-refractivity contribution >= 4 is 57.3 Å². The molecule has 0 aliphatic heterocycles. The lowest BCUT2D eigenvalue weighted by Crippen LogP contribution is -2.02. The van der Waals surface area contributed by atoms with Crippen molar-refractivity contribution in [2.24, 2.45) is 0 Å². The molecule has 0 heterocycles. The number of hydrogen-bond acceptors (Lipinski definition) is 2. The Labute approximate surface area is 183 Å². The minimum absolute atomic E-state index is 0.644. The van der Waals surface area contributed by atoms with Gasteiger partial charge in [-0.1, -0.05) is 118 Å². The summed E-state index contributed by atoms with van der Waals surface area (Å²) in [6.07, 6.45) is 8.07. The molecule has 0 unspecified atom stereocenters. The van der Waals surface area contributed by atoms with Gasteiger partial charge in [0.25, 0.3) is 0 Å². The lowest BCUT2D eigenvalue weighted by Gasteiger charge is -2.12. The highest BCUT2D eigenvalue weighted by Gasteiger charge is 2.05. The van der Waals surface area contributed by atoms with E-state index in [1.165, 1.54) is 0 Å². The molecule has 0 aromatic heterocycles. The SMILES string of the molecule is ICCOC(/C=C/c1ccccc1)=C(\C=C\c1ccccc1)OCCI. The molecule has 2 aromatic carbocycles. The molecule has 0 aliphatic rings. The first-order valence-electron chi connectivity index (χ1n) is 8.41. The first kappa shape index (κ1) is 21.0. The highest BCUT2D eigenvalue weighted by Crippen LogP contribution is 2.16. The lowest BCUT2D eigenvalue weighted by atomic mass is 10.2. The molecule has 0 spiro atoms. The number of hydrogen-bond donors (Lipinski definition) is 0. The van der Waals surface area contributed by atoms with Crippen LogP contribution in [0.2, 0.25) is 0 Å². The van der Waals surface area contributed by atoms with Crippen LogP contribution in [-0.4, -0.2) is 22.1 Å². The van der Waals surface area contributed by atoms with Crippen molar-refractivity contribution in [1.29, 1.82) is 0 Å². The zero-order valence-corrected chi connectivity index (χ0v) is 18.8. The second-order valence-electron chi connectivity index (χ2n) is 5.29. The molecule has 0 N–H and O–H groups in total. The van der Waals surface area contributed by atoms with Crippen LogP contribution >= 0.6 is 45.2 Å². The minimum atomic E-state index is 0.644. The topological polar surface area (TPSA) is 18.5 Å². The molecular weight excluding hydrogens is 550 g/mol. The number of alkyl halides is 2. The van der Waals surface area contributed by atoms with Gasteiger partial charge in [-0.15, -0.1) is 0 Å². The lowest BCUT2D eigenvalue weighted by molar-refractivity contribution is 0.189. The Balaban J connectivity index is 2.30. The van der Waals surface area contributed by atoms with E-state index in [1.54, 1.807) is 0 Å². The quantitative estimate of drug-likeness (QED) is 0.140. The van der Waals surface area contributed by atoms with Crippen LogP contribution in [0.5, 0.6) is 0 Å². The Kier molecular flexibility index (Phi) is 10.5. The molecule has 0 amide bonds. The van der Waals surface area contributed by atoms with Gasteiger partial charge in [0.15, 0.2) is 11.5 Å².